The third-order valence-corrected chi connectivity index (χ3v) is 8.47. The van der Waals surface area contributed by atoms with Crippen LogP contribution in [-0.2, 0) is 25.5 Å². The number of unbranched alkanes of at least 4 members (excludes halogenated alkanes) is 1. The van der Waals surface area contributed by atoms with Crippen molar-refractivity contribution in [3.8, 4) is 0 Å². The summed E-state index contributed by atoms with van der Waals surface area (Å²) in [5.41, 5.74) is 2.97. The number of nitrogens with zero attached hydrogens (tertiary/aromatic N) is 2. The molecule has 0 radical (unpaired) electrons. The molecule has 8 nitrogen and oxygen atoms in total. The molecule has 0 saturated carbocycles. The van der Waals surface area contributed by atoms with E-state index in [2.05, 4.69) is 10.3 Å². The predicted octanol–water partition coefficient (Wildman–Crippen LogP) is 4.56. The molecule has 1 aliphatic heterocycles. The summed E-state index contributed by atoms with van der Waals surface area (Å²) in [6.45, 7) is 8.06. The van der Waals surface area contributed by atoms with Crippen LogP contribution in [-0.4, -0.2) is 69.9 Å². The highest BCUT2D eigenvalue weighted by Gasteiger charge is 2.44. The van der Waals surface area contributed by atoms with Crippen LogP contribution in [0.2, 0.25) is 0 Å². The molecule has 1 amide bonds. The molecule has 1 aromatic carbocycles. The maximum atomic E-state index is 14.0. The third-order valence-electron chi connectivity index (χ3n) is 6.55. The average Bonchev–Trinajstić information content (AvgIpc) is 3.36. The van der Waals surface area contributed by atoms with Crippen LogP contribution in [0, 0.1) is 5.41 Å². The highest BCUT2D eigenvalue weighted by molar-refractivity contribution is 7.99. The van der Waals surface area contributed by atoms with Crippen LogP contribution in [0.1, 0.15) is 63.5 Å². The number of esters is 1. The Hall–Kier alpha value is -2.43. The van der Waals surface area contributed by atoms with Gasteiger partial charge in [0.1, 0.15) is 12.1 Å². The third kappa shape index (κ3) is 8.28. The summed E-state index contributed by atoms with van der Waals surface area (Å²) < 4.78 is 5.55. The Bertz CT molecular complexity index is 1040. The number of amides is 1. The lowest BCUT2D eigenvalue weighted by atomic mass is 9.85. The highest BCUT2D eigenvalue weighted by atomic mass is 32.2. The van der Waals surface area contributed by atoms with Crippen LogP contribution in [0.15, 0.2) is 41.2 Å². The SMILES string of the molecule is CCCCOC(=O)C(CCc1ccccc1)NC1CSC(c2cscn2)CN(C(C(=O)O)C(C)(C)C)C1=O. The number of thiazole rings is 1. The van der Waals surface area contributed by atoms with Gasteiger partial charge in [-0.1, -0.05) is 64.4 Å². The minimum absolute atomic E-state index is 0.166. The van der Waals surface area contributed by atoms with Gasteiger partial charge in [0, 0.05) is 17.7 Å². The molecule has 0 spiro atoms. The van der Waals surface area contributed by atoms with Gasteiger partial charge in [0.2, 0.25) is 5.91 Å². The number of aliphatic carboxylic acids is 1. The van der Waals surface area contributed by atoms with Crippen LogP contribution in [0.25, 0.3) is 0 Å². The van der Waals surface area contributed by atoms with Crippen LogP contribution >= 0.6 is 23.1 Å². The molecule has 208 valence electrons. The van der Waals surface area contributed by atoms with Crippen molar-refractivity contribution in [2.24, 2.45) is 5.41 Å². The summed E-state index contributed by atoms with van der Waals surface area (Å²) in [5.74, 6) is -1.36. The number of aromatic nitrogens is 1. The molecule has 1 fully saturated rings. The molecular formula is C28H39N3O5S2. The molecule has 2 N–H and O–H groups in total. The molecule has 2 heterocycles. The smallest absolute Gasteiger partial charge is 0.326 e. The Kier molecular flexibility index (Phi) is 11.2. The van der Waals surface area contributed by atoms with Crippen LogP contribution in [0.5, 0.6) is 0 Å². The van der Waals surface area contributed by atoms with Crippen molar-refractivity contribution >= 4 is 40.9 Å². The van der Waals surface area contributed by atoms with Gasteiger partial charge in [0.05, 0.1) is 29.1 Å². The first-order valence-electron chi connectivity index (χ1n) is 13.1. The number of carbonyl (C=O) groups is 3. The number of hydrogen-bond donors (Lipinski definition) is 2. The van der Waals surface area contributed by atoms with Gasteiger partial charge < -0.3 is 14.7 Å². The number of carboxylic acids is 1. The second-order valence-corrected chi connectivity index (χ2v) is 12.6. The van der Waals surface area contributed by atoms with Crippen molar-refractivity contribution in [3.05, 3.63) is 52.5 Å². The maximum absolute atomic E-state index is 14.0. The molecule has 4 unspecified atom stereocenters. The van der Waals surface area contributed by atoms with Gasteiger partial charge in [-0.2, -0.15) is 0 Å². The molecule has 1 saturated heterocycles. The monoisotopic (exact) mass is 561 g/mol. The zero-order chi connectivity index (χ0) is 27.7. The normalized spacial score (nSPS) is 20.0. The number of ether oxygens (including phenoxy) is 1. The van der Waals surface area contributed by atoms with Gasteiger partial charge >= 0.3 is 11.9 Å². The molecule has 0 bridgehead atoms. The van der Waals surface area contributed by atoms with Gasteiger partial charge in [0.25, 0.3) is 0 Å². The summed E-state index contributed by atoms with van der Waals surface area (Å²) in [5, 5.41) is 15.2. The van der Waals surface area contributed by atoms with Crippen molar-refractivity contribution in [1.29, 1.82) is 0 Å². The molecule has 38 heavy (non-hydrogen) atoms. The lowest BCUT2D eigenvalue weighted by Gasteiger charge is -2.38. The molecule has 3 rings (SSSR count). The van der Waals surface area contributed by atoms with Gasteiger partial charge in [-0.15, -0.1) is 23.1 Å². The van der Waals surface area contributed by atoms with Crippen molar-refractivity contribution < 1.29 is 24.2 Å². The molecule has 1 aromatic heterocycles. The fourth-order valence-electron chi connectivity index (χ4n) is 4.57. The molecule has 2 aromatic rings. The van der Waals surface area contributed by atoms with Crippen molar-refractivity contribution in [1.82, 2.24) is 15.2 Å². The van der Waals surface area contributed by atoms with Crippen molar-refractivity contribution in [3.63, 3.8) is 0 Å². The number of carbonyl (C=O) groups excluding carboxylic acids is 2. The number of rotatable bonds is 12. The lowest BCUT2D eigenvalue weighted by molar-refractivity contribution is -0.156. The first kappa shape index (κ1) is 30.1. The van der Waals surface area contributed by atoms with E-state index in [-0.39, 0.29) is 23.7 Å². The summed E-state index contributed by atoms with van der Waals surface area (Å²) in [4.78, 5) is 45.4. The van der Waals surface area contributed by atoms with Gasteiger partial charge in [-0.05, 0) is 30.2 Å². The number of hydrogen-bond acceptors (Lipinski definition) is 8. The minimum Gasteiger partial charge on any atom is -0.480 e. The van der Waals surface area contributed by atoms with Crippen molar-refractivity contribution in [2.75, 3.05) is 18.9 Å². The Morgan fingerprint density at radius 2 is 2.00 bits per heavy atom. The summed E-state index contributed by atoms with van der Waals surface area (Å²) in [6.07, 6.45) is 2.77. The number of carboxylic acid groups (broad SMARTS) is 1. The number of benzene rings is 1. The number of thioether (sulfide) groups is 1. The summed E-state index contributed by atoms with van der Waals surface area (Å²) >= 11 is 3.03. The van der Waals surface area contributed by atoms with Crippen LogP contribution in [0.3, 0.4) is 0 Å². The highest BCUT2D eigenvalue weighted by Crippen LogP contribution is 2.36. The quantitative estimate of drug-likeness (QED) is 0.287. The van der Waals surface area contributed by atoms with E-state index < -0.39 is 29.5 Å². The standard InChI is InChI=1S/C28H39N3O5S2/c1-5-6-14-36-27(35)20(13-12-19-10-8-7-9-11-19)30-22-17-38-23(21-16-37-18-29-21)15-31(25(22)32)24(26(33)34)28(2,3)4/h7-11,16,18,20,22-24,30H,5-6,12-15,17H2,1-4H3,(H,33,34). The first-order chi connectivity index (χ1) is 18.1. The van der Waals surface area contributed by atoms with E-state index in [0.717, 1.165) is 24.1 Å². The van der Waals surface area contributed by atoms with Crippen LogP contribution in [0.4, 0.5) is 0 Å². The maximum Gasteiger partial charge on any atom is 0.326 e. The molecule has 0 aliphatic carbocycles. The van der Waals surface area contributed by atoms with E-state index in [0.29, 0.717) is 25.2 Å². The van der Waals surface area contributed by atoms with E-state index in [9.17, 15) is 19.5 Å². The zero-order valence-electron chi connectivity index (χ0n) is 22.6. The zero-order valence-corrected chi connectivity index (χ0v) is 24.2. The number of aryl methyl sites for hydroxylation is 1. The molecule has 4 atom stereocenters. The fourth-order valence-corrected chi connectivity index (χ4v) is 6.50. The minimum atomic E-state index is -1.05. The number of nitrogens with one attached hydrogen (secondary N) is 1. The van der Waals surface area contributed by atoms with E-state index in [4.69, 9.17) is 4.74 Å². The lowest BCUT2D eigenvalue weighted by Crippen LogP contribution is -2.59. The van der Waals surface area contributed by atoms with E-state index in [1.807, 2.05) is 63.4 Å². The second kappa shape index (κ2) is 14.1. The van der Waals surface area contributed by atoms with Gasteiger partial charge in [0.15, 0.2) is 0 Å². The molecule has 1 aliphatic rings. The van der Waals surface area contributed by atoms with E-state index >= 15 is 0 Å². The summed E-state index contributed by atoms with van der Waals surface area (Å²) in [7, 11) is 0. The van der Waals surface area contributed by atoms with Gasteiger partial charge in [-0.25, -0.2) is 9.78 Å². The fraction of sp³-hybridized carbons (Fsp3) is 0.571. The largest absolute Gasteiger partial charge is 0.480 e. The topological polar surface area (TPSA) is 109 Å². The predicted molar refractivity (Wildman–Crippen MR) is 151 cm³/mol. The van der Waals surface area contributed by atoms with Crippen molar-refractivity contribution in [2.45, 2.75) is 76.8 Å². The Balaban J connectivity index is 1.87. The van der Waals surface area contributed by atoms with E-state index in [1.54, 1.807) is 17.3 Å². The average molecular weight is 562 g/mol. The summed E-state index contributed by atoms with van der Waals surface area (Å²) in [6, 6.07) is 7.40. The molecule has 10 heteroatoms. The Labute approximate surface area is 233 Å². The van der Waals surface area contributed by atoms with Crippen LogP contribution < -0.4 is 5.32 Å². The van der Waals surface area contributed by atoms with Gasteiger partial charge in [-0.3, -0.25) is 14.9 Å². The second-order valence-electron chi connectivity index (χ2n) is 10.6. The Morgan fingerprint density at radius 3 is 2.61 bits per heavy atom. The first-order valence-corrected chi connectivity index (χ1v) is 15.1. The van der Waals surface area contributed by atoms with E-state index in [1.165, 1.54) is 16.2 Å². The Morgan fingerprint density at radius 1 is 1.26 bits per heavy atom. The molecular weight excluding hydrogens is 522 g/mol.